The lowest BCUT2D eigenvalue weighted by Crippen LogP contribution is -2.44. The zero-order chi connectivity index (χ0) is 16.1. The minimum Gasteiger partial charge on any atom is -0.348 e. The molecule has 1 aromatic carbocycles. The van der Waals surface area contributed by atoms with Gasteiger partial charge < -0.3 is 14.0 Å². The minimum atomic E-state index is -0.532. The van der Waals surface area contributed by atoms with Crippen molar-refractivity contribution in [3.8, 4) is 0 Å². The van der Waals surface area contributed by atoms with Crippen LogP contribution < -0.4 is 0 Å². The van der Waals surface area contributed by atoms with Crippen molar-refractivity contribution in [1.82, 2.24) is 9.55 Å². The third-order valence-electron chi connectivity index (χ3n) is 4.44. The number of hydrogen-bond acceptors (Lipinski definition) is 3. The van der Waals surface area contributed by atoms with Gasteiger partial charge in [0.05, 0.1) is 26.1 Å². The zero-order valence-corrected chi connectivity index (χ0v) is 14.1. The standard InChI is InChI=1S/C19H26N2O2/c1-16(2)18-6-4-17(5-7-18)8-9-19(22-12-3-13-23-19)14-21-11-10-20-15-21/h4-7,10-11,15-16H,3,8-9,12-14H2,1-2H3. The maximum absolute atomic E-state index is 6.05. The predicted molar refractivity (Wildman–Crippen MR) is 90.3 cm³/mol. The van der Waals surface area contributed by atoms with E-state index in [0.717, 1.165) is 32.5 Å². The summed E-state index contributed by atoms with van der Waals surface area (Å²) in [6.07, 6.45) is 8.34. The Bertz CT molecular complexity index is 584. The predicted octanol–water partition coefficient (Wildman–Crippen LogP) is 3.77. The summed E-state index contributed by atoms with van der Waals surface area (Å²) in [5.41, 5.74) is 2.71. The Balaban J connectivity index is 1.66. The van der Waals surface area contributed by atoms with Gasteiger partial charge in [0.1, 0.15) is 0 Å². The highest BCUT2D eigenvalue weighted by molar-refractivity contribution is 5.24. The molecule has 0 amide bonds. The van der Waals surface area contributed by atoms with Crippen molar-refractivity contribution in [2.24, 2.45) is 0 Å². The summed E-state index contributed by atoms with van der Waals surface area (Å²) in [5.74, 6) is 0.0389. The monoisotopic (exact) mass is 314 g/mol. The minimum absolute atomic E-state index is 0.532. The molecule has 2 aromatic rings. The van der Waals surface area contributed by atoms with Crippen molar-refractivity contribution in [2.75, 3.05) is 13.2 Å². The normalized spacial score (nSPS) is 17.5. The molecule has 0 N–H and O–H groups in total. The number of ether oxygens (including phenoxy) is 2. The lowest BCUT2D eigenvalue weighted by Gasteiger charge is -2.37. The lowest BCUT2D eigenvalue weighted by molar-refractivity contribution is -0.276. The second-order valence-electron chi connectivity index (χ2n) is 6.59. The van der Waals surface area contributed by atoms with E-state index in [9.17, 15) is 0 Å². The van der Waals surface area contributed by atoms with Crippen LogP contribution in [0.15, 0.2) is 43.0 Å². The van der Waals surface area contributed by atoms with Crippen molar-refractivity contribution in [3.05, 3.63) is 54.1 Å². The highest BCUT2D eigenvalue weighted by Gasteiger charge is 2.34. The Kier molecular flexibility index (Phi) is 5.13. The fraction of sp³-hybridized carbons (Fsp3) is 0.526. The average Bonchev–Trinajstić information content (AvgIpc) is 3.07. The third-order valence-corrected chi connectivity index (χ3v) is 4.44. The SMILES string of the molecule is CC(C)c1ccc(CCC2(Cn3ccnc3)OCCCO2)cc1. The Hall–Kier alpha value is -1.65. The Morgan fingerprint density at radius 3 is 2.52 bits per heavy atom. The van der Waals surface area contributed by atoms with Gasteiger partial charge in [0.15, 0.2) is 5.79 Å². The molecule has 1 aromatic heterocycles. The van der Waals surface area contributed by atoms with Gasteiger partial charge in [-0.3, -0.25) is 0 Å². The summed E-state index contributed by atoms with van der Waals surface area (Å²) >= 11 is 0. The second kappa shape index (κ2) is 7.28. The first-order valence-electron chi connectivity index (χ1n) is 8.49. The summed E-state index contributed by atoms with van der Waals surface area (Å²) in [4.78, 5) is 4.12. The molecule has 1 fully saturated rings. The number of aryl methyl sites for hydroxylation is 1. The van der Waals surface area contributed by atoms with Crippen molar-refractivity contribution in [2.45, 2.75) is 51.4 Å². The summed E-state index contributed by atoms with van der Waals surface area (Å²) < 4.78 is 14.1. The van der Waals surface area contributed by atoms with Gasteiger partial charge in [0.25, 0.3) is 0 Å². The molecule has 3 rings (SSSR count). The highest BCUT2D eigenvalue weighted by Crippen LogP contribution is 2.27. The van der Waals surface area contributed by atoms with Crippen LogP contribution in [0.4, 0.5) is 0 Å². The Labute approximate surface area is 138 Å². The van der Waals surface area contributed by atoms with E-state index >= 15 is 0 Å². The molecule has 0 radical (unpaired) electrons. The van der Waals surface area contributed by atoms with Crippen molar-refractivity contribution < 1.29 is 9.47 Å². The van der Waals surface area contributed by atoms with Gasteiger partial charge in [-0.2, -0.15) is 0 Å². The van der Waals surface area contributed by atoms with E-state index in [1.165, 1.54) is 11.1 Å². The lowest BCUT2D eigenvalue weighted by atomic mass is 9.98. The number of rotatable bonds is 6. The summed E-state index contributed by atoms with van der Waals surface area (Å²) in [6.45, 7) is 6.66. The molecule has 4 heteroatoms. The van der Waals surface area contributed by atoms with E-state index in [-0.39, 0.29) is 0 Å². The first-order valence-corrected chi connectivity index (χ1v) is 8.49. The maximum atomic E-state index is 6.05. The van der Waals surface area contributed by atoms with Crippen LogP contribution in [0.3, 0.4) is 0 Å². The molecule has 2 heterocycles. The van der Waals surface area contributed by atoms with Crippen LogP contribution in [0.5, 0.6) is 0 Å². The van der Waals surface area contributed by atoms with E-state index < -0.39 is 5.79 Å². The molecular weight excluding hydrogens is 288 g/mol. The molecule has 0 spiro atoms. The van der Waals surface area contributed by atoms with Crippen molar-refractivity contribution >= 4 is 0 Å². The fourth-order valence-corrected chi connectivity index (χ4v) is 2.99. The van der Waals surface area contributed by atoms with Gasteiger partial charge in [-0.1, -0.05) is 38.1 Å². The molecule has 1 aliphatic rings. The average molecular weight is 314 g/mol. The van der Waals surface area contributed by atoms with Crippen LogP contribution in [0.1, 0.15) is 43.7 Å². The second-order valence-corrected chi connectivity index (χ2v) is 6.59. The van der Waals surface area contributed by atoms with Crippen LogP contribution in [0, 0.1) is 0 Å². The van der Waals surface area contributed by atoms with Crippen LogP contribution >= 0.6 is 0 Å². The summed E-state index contributed by atoms with van der Waals surface area (Å²) in [5, 5.41) is 0. The Morgan fingerprint density at radius 1 is 1.17 bits per heavy atom. The Morgan fingerprint density at radius 2 is 1.91 bits per heavy atom. The molecule has 0 atom stereocenters. The summed E-state index contributed by atoms with van der Waals surface area (Å²) in [7, 11) is 0. The van der Waals surface area contributed by atoms with E-state index in [0.29, 0.717) is 12.5 Å². The molecule has 23 heavy (non-hydrogen) atoms. The van der Waals surface area contributed by atoms with E-state index in [2.05, 4.69) is 43.1 Å². The number of aromatic nitrogens is 2. The van der Waals surface area contributed by atoms with Crippen molar-refractivity contribution in [1.29, 1.82) is 0 Å². The van der Waals surface area contributed by atoms with Gasteiger partial charge >= 0.3 is 0 Å². The largest absolute Gasteiger partial charge is 0.348 e. The molecular formula is C19H26N2O2. The van der Waals surface area contributed by atoms with Gasteiger partial charge in [-0.15, -0.1) is 0 Å². The van der Waals surface area contributed by atoms with E-state index in [1.54, 1.807) is 6.20 Å². The van der Waals surface area contributed by atoms with Gasteiger partial charge in [0, 0.05) is 18.8 Å². The van der Waals surface area contributed by atoms with Crippen LogP contribution in [0.25, 0.3) is 0 Å². The van der Waals surface area contributed by atoms with Crippen molar-refractivity contribution in [3.63, 3.8) is 0 Å². The van der Waals surface area contributed by atoms with Gasteiger partial charge in [0.2, 0.25) is 0 Å². The van der Waals surface area contributed by atoms with Crippen LogP contribution in [-0.2, 0) is 22.4 Å². The quantitative estimate of drug-likeness (QED) is 0.814. The number of benzene rings is 1. The number of nitrogens with zero attached hydrogens (tertiary/aromatic N) is 2. The van der Waals surface area contributed by atoms with Gasteiger partial charge in [-0.25, -0.2) is 4.98 Å². The summed E-state index contributed by atoms with van der Waals surface area (Å²) in [6, 6.07) is 8.91. The molecule has 1 saturated heterocycles. The molecule has 0 aliphatic carbocycles. The van der Waals surface area contributed by atoms with E-state index in [4.69, 9.17) is 9.47 Å². The molecule has 1 aliphatic heterocycles. The van der Waals surface area contributed by atoms with Gasteiger partial charge in [-0.05, 0) is 29.9 Å². The first kappa shape index (κ1) is 16.2. The zero-order valence-electron chi connectivity index (χ0n) is 14.1. The molecule has 0 saturated carbocycles. The third kappa shape index (κ3) is 4.21. The van der Waals surface area contributed by atoms with Crippen LogP contribution in [0.2, 0.25) is 0 Å². The topological polar surface area (TPSA) is 36.3 Å². The number of imidazole rings is 1. The smallest absolute Gasteiger partial charge is 0.186 e. The molecule has 124 valence electrons. The van der Waals surface area contributed by atoms with Crippen LogP contribution in [-0.4, -0.2) is 28.6 Å². The first-order chi connectivity index (χ1) is 11.2. The maximum Gasteiger partial charge on any atom is 0.186 e. The highest BCUT2D eigenvalue weighted by atomic mass is 16.7. The molecule has 4 nitrogen and oxygen atoms in total. The molecule has 0 unspecified atom stereocenters. The molecule has 0 bridgehead atoms. The fourth-order valence-electron chi connectivity index (χ4n) is 2.99. The number of hydrogen-bond donors (Lipinski definition) is 0. The van der Waals surface area contributed by atoms with E-state index in [1.807, 2.05) is 17.1 Å².